The van der Waals surface area contributed by atoms with Gasteiger partial charge in [-0.2, -0.15) is 0 Å². The van der Waals surface area contributed by atoms with Crippen molar-refractivity contribution in [3.8, 4) is 17.1 Å². The van der Waals surface area contributed by atoms with Gasteiger partial charge in [0.25, 0.3) is 0 Å². The van der Waals surface area contributed by atoms with E-state index in [1.165, 1.54) is 12.8 Å². The number of hydrogen-bond donors (Lipinski definition) is 1. The first-order valence-corrected chi connectivity index (χ1v) is 7.40. The van der Waals surface area contributed by atoms with Crippen molar-refractivity contribution < 1.29 is 4.74 Å². The summed E-state index contributed by atoms with van der Waals surface area (Å²) in [6.07, 6.45) is 4.74. The highest BCUT2D eigenvalue weighted by Crippen LogP contribution is 2.36. The first kappa shape index (κ1) is 13.9. The molecule has 112 valence electrons. The molecule has 0 spiro atoms. The highest BCUT2D eigenvalue weighted by molar-refractivity contribution is 5.68. The number of aromatic nitrogens is 4. The van der Waals surface area contributed by atoms with Gasteiger partial charge in [0.15, 0.2) is 5.82 Å². The highest BCUT2D eigenvalue weighted by Gasteiger charge is 2.25. The van der Waals surface area contributed by atoms with Crippen molar-refractivity contribution in [3.63, 3.8) is 0 Å². The van der Waals surface area contributed by atoms with Crippen LogP contribution in [0.4, 0.5) is 5.69 Å². The Hall–Kier alpha value is -2.11. The maximum atomic E-state index is 5.91. The van der Waals surface area contributed by atoms with E-state index in [9.17, 15) is 0 Å². The molecule has 0 aliphatic heterocycles. The molecule has 2 aromatic rings. The normalized spacial score (nSPS) is 22.2. The monoisotopic (exact) mass is 287 g/mol. The highest BCUT2D eigenvalue weighted by atomic mass is 16.5. The van der Waals surface area contributed by atoms with E-state index in [1.54, 1.807) is 7.11 Å². The maximum absolute atomic E-state index is 5.91. The first-order valence-electron chi connectivity index (χ1n) is 7.40. The molecule has 2 N–H and O–H groups in total. The molecule has 21 heavy (non-hydrogen) atoms. The number of benzene rings is 1. The third kappa shape index (κ3) is 2.70. The summed E-state index contributed by atoms with van der Waals surface area (Å²) in [5.74, 6) is 2.19. The van der Waals surface area contributed by atoms with Crippen molar-refractivity contribution in [2.24, 2.45) is 5.92 Å². The van der Waals surface area contributed by atoms with Crippen molar-refractivity contribution in [2.75, 3.05) is 12.8 Å². The van der Waals surface area contributed by atoms with Crippen LogP contribution >= 0.6 is 0 Å². The molecule has 2 atom stereocenters. The predicted octanol–water partition coefficient (Wildman–Crippen LogP) is 2.68. The number of hydrogen-bond acceptors (Lipinski definition) is 5. The molecule has 1 aliphatic rings. The Labute approximate surface area is 124 Å². The van der Waals surface area contributed by atoms with Crippen LogP contribution in [0.25, 0.3) is 11.4 Å². The topological polar surface area (TPSA) is 78.8 Å². The van der Waals surface area contributed by atoms with Gasteiger partial charge in [0.05, 0.1) is 18.7 Å². The molecular formula is C15H21N5O. The number of anilines is 1. The molecule has 0 saturated heterocycles. The van der Waals surface area contributed by atoms with E-state index in [0.717, 1.165) is 30.0 Å². The summed E-state index contributed by atoms with van der Waals surface area (Å²) < 4.78 is 7.36. The van der Waals surface area contributed by atoms with Crippen molar-refractivity contribution in [1.82, 2.24) is 20.2 Å². The fraction of sp³-hybridized carbons (Fsp3) is 0.533. The van der Waals surface area contributed by atoms with Gasteiger partial charge in [-0.05, 0) is 47.4 Å². The molecule has 1 fully saturated rings. The molecule has 1 aromatic carbocycles. The lowest BCUT2D eigenvalue weighted by atomic mass is 9.87. The molecular weight excluding hydrogens is 266 g/mol. The van der Waals surface area contributed by atoms with Gasteiger partial charge in [-0.15, -0.1) is 5.10 Å². The standard InChI is InChI=1S/C15H21N5O/c1-10-4-3-5-12(8-10)20-15(17-18-19-20)13-9-11(16)6-7-14(13)21-2/h6-7,9-10,12H,3-5,8,16H2,1-2H3. The van der Waals surface area contributed by atoms with Gasteiger partial charge in [-0.25, -0.2) is 4.68 Å². The Balaban J connectivity index is 2.01. The summed E-state index contributed by atoms with van der Waals surface area (Å²) in [6.45, 7) is 2.29. The number of rotatable bonds is 3. The minimum absolute atomic E-state index is 0.352. The van der Waals surface area contributed by atoms with Crippen molar-refractivity contribution in [1.29, 1.82) is 0 Å². The molecule has 0 amide bonds. The predicted molar refractivity (Wildman–Crippen MR) is 80.9 cm³/mol. The van der Waals surface area contributed by atoms with Crippen LogP contribution in [0.3, 0.4) is 0 Å². The van der Waals surface area contributed by atoms with E-state index < -0.39 is 0 Å². The number of ether oxygens (including phenoxy) is 1. The summed E-state index contributed by atoms with van der Waals surface area (Å²) in [6, 6.07) is 5.89. The summed E-state index contributed by atoms with van der Waals surface area (Å²) in [5, 5.41) is 12.3. The summed E-state index contributed by atoms with van der Waals surface area (Å²) in [7, 11) is 1.64. The molecule has 1 aliphatic carbocycles. The number of nitrogen functional groups attached to an aromatic ring is 1. The molecule has 6 heteroatoms. The van der Waals surface area contributed by atoms with Crippen molar-refractivity contribution in [3.05, 3.63) is 18.2 Å². The molecule has 2 unspecified atom stereocenters. The van der Waals surface area contributed by atoms with E-state index in [4.69, 9.17) is 10.5 Å². The van der Waals surface area contributed by atoms with E-state index in [1.807, 2.05) is 22.9 Å². The zero-order valence-electron chi connectivity index (χ0n) is 12.5. The van der Waals surface area contributed by atoms with E-state index >= 15 is 0 Å². The zero-order chi connectivity index (χ0) is 14.8. The van der Waals surface area contributed by atoms with Crippen LogP contribution in [0.15, 0.2) is 18.2 Å². The quantitative estimate of drug-likeness (QED) is 0.878. The SMILES string of the molecule is COc1ccc(N)cc1-c1nnnn1C1CCCC(C)C1. The largest absolute Gasteiger partial charge is 0.496 e. The van der Waals surface area contributed by atoms with Crippen LogP contribution in [0.2, 0.25) is 0 Å². The first-order chi connectivity index (χ1) is 10.2. The average molecular weight is 287 g/mol. The second-order valence-corrected chi connectivity index (χ2v) is 5.83. The molecule has 6 nitrogen and oxygen atoms in total. The number of methoxy groups -OCH3 is 1. The Morgan fingerprint density at radius 2 is 2.19 bits per heavy atom. The fourth-order valence-electron chi connectivity index (χ4n) is 3.14. The van der Waals surface area contributed by atoms with Crippen LogP contribution in [-0.4, -0.2) is 27.3 Å². The Morgan fingerprint density at radius 1 is 1.33 bits per heavy atom. The van der Waals surface area contributed by atoms with Gasteiger partial charge in [0.1, 0.15) is 5.75 Å². The van der Waals surface area contributed by atoms with Crippen LogP contribution in [0, 0.1) is 5.92 Å². The second kappa shape index (κ2) is 5.71. The van der Waals surface area contributed by atoms with E-state index in [-0.39, 0.29) is 0 Å². The number of tetrazole rings is 1. The number of nitrogens with zero attached hydrogens (tertiary/aromatic N) is 4. The molecule has 1 saturated carbocycles. The molecule has 3 rings (SSSR count). The van der Waals surface area contributed by atoms with Gasteiger partial charge < -0.3 is 10.5 Å². The zero-order valence-corrected chi connectivity index (χ0v) is 12.5. The van der Waals surface area contributed by atoms with Gasteiger partial charge >= 0.3 is 0 Å². The van der Waals surface area contributed by atoms with Crippen LogP contribution in [0.5, 0.6) is 5.75 Å². The summed E-state index contributed by atoms with van der Waals surface area (Å²) in [4.78, 5) is 0. The number of nitrogens with two attached hydrogens (primary N) is 1. The third-order valence-electron chi connectivity index (χ3n) is 4.21. The smallest absolute Gasteiger partial charge is 0.186 e. The van der Waals surface area contributed by atoms with Crippen molar-refractivity contribution >= 4 is 5.69 Å². The lowest BCUT2D eigenvalue weighted by molar-refractivity contribution is 0.265. The molecule has 0 bridgehead atoms. The third-order valence-corrected chi connectivity index (χ3v) is 4.21. The van der Waals surface area contributed by atoms with Crippen LogP contribution in [-0.2, 0) is 0 Å². The Kier molecular flexibility index (Phi) is 3.77. The fourth-order valence-corrected chi connectivity index (χ4v) is 3.14. The Bertz CT molecular complexity index is 624. The van der Waals surface area contributed by atoms with Gasteiger partial charge in [0.2, 0.25) is 0 Å². The average Bonchev–Trinajstić information content (AvgIpc) is 2.96. The molecule has 1 heterocycles. The maximum Gasteiger partial charge on any atom is 0.186 e. The minimum atomic E-state index is 0.352. The molecule has 0 radical (unpaired) electrons. The summed E-state index contributed by atoms with van der Waals surface area (Å²) in [5.41, 5.74) is 7.43. The summed E-state index contributed by atoms with van der Waals surface area (Å²) >= 11 is 0. The van der Waals surface area contributed by atoms with Gasteiger partial charge in [-0.1, -0.05) is 19.8 Å². The lowest BCUT2D eigenvalue weighted by Crippen LogP contribution is -2.19. The Morgan fingerprint density at radius 3 is 2.95 bits per heavy atom. The van der Waals surface area contributed by atoms with Gasteiger partial charge in [0, 0.05) is 5.69 Å². The van der Waals surface area contributed by atoms with E-state index in [2.05, 4.69) is 22.4 Å². The molecule has 1 aromatic heterocycles. The minimum Gasteiger partial charge on any atom is -0.496 e. The van der Waals surface area contributed by atoms with Crippen LogP contribution < -0.4 is 10.5 Å². The van der Waals surface area contributed by atoms with Crippen molar-refractivity contribution in [2.45, 2.75) is 38.6 Å². The van der Waals surface area contributed by atoms with Gasteiger partial charge in [-0.3, -0.25) is 0 Å². The van der Waals surface area contributed by atoms with E-state index in [0.29, 0.717) is 17.6 Å². The van der Waals surface area contributed by atoms with Crippen LogP contribution in [0.1, 0.15) is 38.6 Å². The second-order valence-electron chi connectivity index (χ2n) is 5.83. The lowest BCUT2D eigenvalue weighted by Gasteiger charge is -2.27.